The highest BCUT2D eigenvalue weighted by molar-refractivity contribution is 7.73. The minimum absolute atomic E-state index is 0.0908. The zero-order valence-corrected chi connectivity index (χ0v) is 26.9. The van der Waals surface area contributed by atoms with Crippen LogP contribution in [0, 0.1) is 11.8 Å². The van der Waals surface area contributed by atoms with Crippen LogP contribution in [0.5, 0.6) is 0 Å². The molecular weight excluding hydrogens is 491 g/mol. The van der Waals surface area contributed by atoms with Gasteiger partial charge in [0.05, 0.1) is 0 Å². The molecule has 4 saturated heterocycles. The fourth-order valence-corrected chi connectivity index (χ4v) is 23.0. The van der Waals surface area contributed by atoms with E-state index < -0.39 is 0 Å². The summed E-state index contributed by atoms with van der Waals surface area (Å²) in [6.07, 6.45) is 8.16. The van der Waals surface area contributed by atoms with Crippen molar-refractivity contribution in [2.24, 2.45) is 17.6 Å². The maximum atomic E-state index is 7.23. The first kappa shape index (κ1) is 28.6. The van der Waals surface area contributed by atoms with Crippen LogP contribution in [0.4, 0.5) is 0 Å². The second kappa shape index (κ2) is 11.4. The summed E-state index contributed by atoms with van der Waals surface area (Å²) in [7, 11) is 10.9. The van der Waals surface area contributed by atoms with Gasteiger partial charge in [-0.1, -0.05) is 48.5 Å². The van der Waals surface area contributed by atoms with Gasteiger partial charge in [-0.15, -0.1) is 0 Å². The van der Waals surface area contributed by atoms with Crippen molar-refractivity contribution < 1.29 is 0 Å². The van der Waals surface area contributed by atoms with Crippen LogP contribution in [0.25, 0.3) is 0 Å². The summed E-state index contributed by atoms with van der Waals surface area (Å²) in [5.41, 5.74) is 12.7. The molecule has 4 aliphatic rings. The summed E-state index contributed by atoms with van der Waals surface area (Å²) in [6.45, 7) is 17.4. The number of nitrogens with zero attached hydrogens (tertiary/aromatic N) is 3. The van der Waals surface area contributed by atoms with Crippen molar-refractivity contribution in [1.82, 2.24) is 13.9 Å². The second-order valence-corrected chi connectivity index (χ2v) is 24.2. The molecule has 4 heterocycles. The van der Waals surface area contributed by atoms with Crippen molar-refractivity contribution in [2.45, 2.75) is 132 Å². The monoisotopic (exact) mass is 542 g/mol. The molecule has 4 unspecified atom stereocenters. The number of hydrogen-bond donors (Lipinski definition) is 1. The molecule has 194 valence electrons. The summed E-state index contributed by atoms with van der Waals surface area (Å²) in [4.78, 5) is 0. The molecule has 2 radical (unpaired) electrons. The van der Waals surface area contributed by atoms with Crippen molar-refractivity contribution in [2.75, 3.05) is 14.1 Å². The lowest BCUT2D eigenvalue weighted by Gasteiger charge is -2.44. The summed E-state index contributed by atoms with van der Waals surface area (Å²) in [5, 5.41) is 0. The average Bonchev–Trinajstić information content (AvgIpc) is 3.46. The van der Waals surface area contributed by atoms with E-state index in [0.717, 1.165) is 34.2 Å². The van der Waals surface area contributed by atoms with Gasteiger partial charge in [-0.25, -0.2) is 9.56 Å². The number of rotatable bonds is 6. The average molecular weight is 542 g/mol. The molecule has 4 rings (SSSR count). The Bertz CT molecular complexity index is 686. The van der Waals surface area contributed by atoms with E-state index in [0.29, 0.717) is 23.0 Å². The minimum atomic E-state index is -0.344. The van der Waals surface area contributed by atoms with E-state index >= 15 is 0 Å². The van der Waals surface area contributed by atoms with Crippen molar-refractivity contribution in [3.05, 3.63) is 0 Å². The van der Waals surface area contributed by atoms with Crippen molar-refractivity contribution >= 4 is 40.3 Å². The quantitative estimate of drug-likeness (QED) is 0.216. The van der Waals surface area contributed by atoms with E-state index in [2.05, 4.69) is 76.5 Å². The standard InChI is InChI=1S/C25H51BN4P4/c1-16-10-11-17(2)31(16)28(8)29(9)34-21(6)15-24(25(34)27)23-14-20(5)33(22(23)7)30(26)32-18(3)12-13-19(32)4/h16-25H,10-15,27H2,1-9H3/t16-,17-,18-,19-,20-,21-,22-,23?,24?,25+,33?,34?/m1/s1. The summed E-state index contributed by atoms with van der Waals surface area (Å²) in [6, 6.07) is 0. The van der Waals surface area contributed by atoms with Crippen LogP contribution in [-0.4, -0.2) is 81.4 Å². The fourth-order valence-electron chi connectivity index (χ4n) is 8.01. The van der Waals surface area contributed by atoms with Gasteiger partial charge in [0.1, 0.15) is 0 Å². The van der Waals surface area contributed by atoms with Gasteiger partial charge in [-0.2, -0.15) is 0 Å². The lowest BCUT2D eigenvalue weighted by molar-refractivity contribution is 0.254. The van der Waals surface area contributed by atoms with Gasteiger partial charge in [0.15, 0.2) is 7.98 Å². The molecule has 0 amide bonds. The molecule has 0 aromatic heterocycles. The van der Waals surface area contributed by atoms with Gasteiger partial charge in [-0.3, -0.25) is 0 Å². The van der Waals surface area contributed by atoms with Crippen LogP contribution in [0.3, 0.4) is 0 Å². The Hall–Kier alpha value is 1.62. The normalized spacial score (nSPS) is 48.9. The molecule has 9 heteroatoms. The predicted octanol–water partition coefficient (Wildman–Crippen LogP) is 7.37. The molecule has 4 aliphatic heterocycles. The molecule has 12 atom stereocenters. The SMILES string of the molecule is [B]N(P1[C@H](C)CC[C@H]1C)P1[C@H](C)CC(C2C[C@@H](C)P(N(C)N(C)P3[C@H](C)CC[C@H]3C)[C@@H]2N)[C@H]1C. The lowest BCUT2D eigenvalue weighted by atomic mass is 9.83. The van der Waals surface area contributed by atoms with E-state index in [4.69, 9.17) is 13.7 Å². The first-order valence-corrected chi connectivity index (χ1v) is 19.6. The summed E-state index contributed by atoms with van der Waals surface area (Å²) < 4.78 is 7.80. The molecule has 2 N–H and O–H groups in total. The van der Waals surface area contributed by atoms with Crippen LogP contribution in [0.2, 0.25) is 0 Å². The number of nitrogens with two attached hydrogens (primary N) is 1. The highest BCUT2D eigenvalue weighted by atomic mass is 31.2. The maximum Gasteiger partial charge on any atom is 0.195 e. The van der Waals surface area contributed by atoms with Gasteiger partial charge in [0.2, 0.25) is 0 Å². The van der Waals surface area contributed by atoms with Crippen LogP contribution in [0.15, 0.2) is 0 Å². The fraction of sp³-hybridized carbons (Fsp3) is 1.00. The van der Waals surface area contributed by atoms with Gasteiger partial charge in [0, 0.05) is 28.0 Å². The molecule has 0 bridgehead atoms. The second-order valence-electron chi connectivity index (χ2n) is 12.1. The Kier molecular flexibility index (Phi) is 9.59. The maximum absolute atomic E-state index is 7.23. The molecule has 0 saturated carbocycles. The molecule has 34 heavy (non-hydrogen) atoms. The Balaban J connectivity index is 1.46. The first-order chi connectivity index (χ1) is 16.0. The molecule has 0 spiro atoms. The van der Waals surface area contributed by atoms with E-state index in [-0.39, 0.29) is 32.3 Å². The van der Waals surface area contributed by atoms with Gasteiger partial charge < -0.3 is 10.1 Å². The Morgan fingerprint density at radius 3 is 1.53 bits per heavy atom. The molecule has 0 aromatic rings. The Labute approximate surface area is 217 Å². The van der Waals surface area contributed by atoms with E-state index in [1.54, 1.807) is 0 Å². The van der Waals surface area contributed by atoms with Crippen molar-refractivity contribution in [3.8, 4) is 0 Å². The summed E-state index contributed by atoms with van der Waals surface area (Å²) >= 11 is 0. The molecule has 4 nitrogen and oxygen atoms in total. The molecule has 0 aliphatic carbocycles. The largest absolute Gasteiger partial charge is 0.323 e. The van der Waals surface area contributed by atoms with E-state index in [1.807, 2.05) is 0 Å². The van der Waals surface area contributed by atoms with E-state index in [9.17, 15) is 0 Å². The Morgan fingerprint density at radius 2 is 1.00 bits per heavy atom. The van der Waals surface area contributed by atoms with Crippen LogP contribution in [-0.2, 0) is 0 Å². The lowest BCUT2D eigenvalue weighted by Crippen LogP contribution is -2.39. The van der Waals surface area contributed by atoms with Gasteiger partial charge >= 0.3 is 0 Å². The zero-order valence-electron chi connectivity index (χ0n) is 23.3. The highest BCUT2D eigenvalue weighted by Crippen LogP contribution is 2.73. The minimum Gasteiger partial charge on any atom is -0.323 e. The van der Waals surface area contributed by atoms with E-state index in [1.165, 1.54) is 38.5 Å². The molecule has 4 fully saturated rings. The number of hydrogen-bond acceptors (Lipinski definition) is 4. The first-order valence-electron chi connectivity index (χ1n) is 13.9. The molecule has 0 aromatic carbocycles. The van der Waals surface area contributed by atoms with Crippen molar-refractivity contribution in [3.63, 3.8) is 0 Å². The van der Waals surface area contributed by atoms with Crippen LogP contribution in [0.1, 0.15) is 87.0 Å². The smallest absolute Gasteiger partial charge is 0.195 e. The topological polar surface area (TPSA) is 35.7 Å². The third-order valence-electron chi connectivity index (χ3n) is 9.83. The Morgan fingerprint density at radius 1 is 0.588 bits per heavy atom. The van der Waals surface area contributed by atoms with Gasteiger partial charge in [-0.05, 0) is 114 Å². The van der Waals surface area contributed by atoms with Crippen molar-refractivity contribution in [1.29, 1.82) is 0 Å². The predicted molar refractivity (Wildman–Crippen MR) is 160 cm³/mol. The van der Waals surface area contributed by atoms with Crippen LogP contribution >= 0.6 is 32.3 Å². The van der Waals surface area contributed by atoms with Crippen LogP contribution < -0.4 is 5.73 Å². The molecular formula is C25H51BN4P4. The highest BCUT2D eigenvalue weighted by Gasteiger charge is 2.53. The third kappa shape index (κ3) is 5.12. The zero-order chi connectivity index (χ0) is 25.1. The van der Waals surface area contributed by atoms with Gasteiger partial charge in [0.25, 0.3) is 0 Å². The number of hydrazine groups is 1. The summed E-state index contributed by atoms with van der Waals surface area (Å²) in [5.74, 6) is 1.73. The third-order valence-corrected chi connectivity index (χ3v) is 23.1.